The molecule has 3 aromatic rings. The molecule has 2 amide bonds. The molecular formula is C21H21N7O2. The van der Waals surface area contributed by atoms with Gasteiger partial charge in [0.1, 0.15) is 5.82 Å². The number of hydrogen-bond donors (Lipinski definition) is 5. The Morgan fingerprint density at radius 2 is 1.97 bits per heavy atom. The molecule has 0 spiro atoms. The molecular weight excluding hydrogens is 382 g/mol. The lowest BCUT2D eigenvalue weighted by atomic mass is 9.99. The number of carbonyl (C=O) groups excluding carboxylic acids is 2. The number of nitrogen functional groups attached to an aromatic ring is 1. The van der Waals surface area contributed by atoms with Crippen LogP contribution in [0.2, 0.25) is 0 Å². The number of rotatable bonds is 5. The Morgan fingerprint density at radius 1 is 1.17 bits per heavy atom. The average Bonchev–Trinajstić information content (AvgIpc) is 2.73. The number of carbonyl (C=O) groups is 2. The molecule has 0 atom stereocenters. The van der Waals surface area contributed by atoms with Crippen LogP contribution in [0.3, 0.4) is 0 Å². The zero-order chi connectivity index (χ0) is 21.7. The number of aromatic nitrogens is 2. The molecule has 0 aliphatic rings. The second-order valence-corrected chi connectivity index (χ2v) is 6.49. The van der Waals surface area contributed by atoms with E-state index in [-0.39, 0.29) is 11.5 Å². The monoisotopic (exact) mass is 403 g/mol. The van der Waals surface area contributed by atoms with Crippen LogP contribution in [0, 0.1) is 12.3 Å². The average molecular weight is 403 g/mol. The minimum Gasteiger partial charge on any atom is -0.398 e. The first-order valence-electron chi connectivity index (χ1n) is 9.03. The zero-order valence-corrected chi connectivity index (χ0v) is 16.5. The predicted octanol–water partition coefficient (Wildman–Crippen LogP) is 1.95. The maximum absolute atomic E-state index is 12.2. The summed E-state index contributed by atoms with van der Waals surface area (Å²) in [6, 6.07) is 7.34. The van der Waals surface area contributed by atoms with Crippen LogP contribution >= 0.6 is 0 Å². The van der Waals surface area contributed by atoms with Crippen LogP contribution in [-0.4, -0.2) is 35.0 Å². The van der Waals surface area contributed by atoms with E-state index >= 15 is 0 Å². The van der Waals surface area contributed by atoms with Crippen molar-refractivity contribution in [3.05, 3.63) is 60.3 Å². The Bertz CT molecular complexity index is 1170. The fourth-order valence-electron chi connectivity index (χ4n) is 2.91. The van der Waals surface area contributed by atoms with Crippen molar-refractivity contribution >= 4 is 40.3 Å². The van der Waals surface area contributed by atoms with Gasteiger partial charge < -0.3 is 27.1 Å². The summed E-state index contributed by atoms with van der Waals surface area (Å²) in [5, 5.41) is 16.2. The van der Waals surface area contributed by atoms with E-state index < -0.39 is 11.8 Å². The molecule has 0 aliphatic heterocycles. The van der Waals surface area contributed by atoms with Crippen LogP contribution in [0.5, 0.6) is 0 Å². The molecule has 0 radical (unpaired) electrons. The van der Waals surface area contributed by atoms with Gasteiger partial charge in [-0.15, -0.1) is 0 Å². The summed E-state index contributed by atoms with van der Waals surface area (Å²) in [7, 11) is 1.61. The number of nitrogens with zero attached hydrogens (tertiary/aromatic N) is 2. The summed E-state index contributed by atoms with van der Waals surface area (Å²) in [6.07, 6.45) is 7.34. The van der Waals surface area contributed by atoms with Crippen LogP contribution < -0.4 is 21.7 Å². The minimum atomic E-state index is -0.916. The quantitative estimate of drug-likeness (QED) is 0.250. The van der Waals surface area contributed by atoms with E-state index in [9.17, 15) is 9.59 Å². The van der Waals surface area contributed by atoms with Gasteiger partial charge in [0.05, 0.1) is 5.70 Å². The van der Waals surface area contributed by atoms with Gasteiger partial charge in [0.15, 0.2) is 0 Å². The van der Waals surface area contributed by atoms with Crippen LogP contribution in [0.25, 0.3) is 21.9 Å². The molecule has 6 N–H and O–H groups in total. The van der Waals surface area contributed by atoms with Gasteiger partial charge in [-0.25, -0.2) is 4.98 Å². The van der Waals surface area contributed by atoms with Gasteiger partial charge in [0.25, 0.3) is 0 Å². The molecule has 30 heavy (non-hydrogen) atoms. The van der Waals surface area contributed by atoms with Gasteiger partial charge in [-0.05, 0) is 47.7 Å². The van der Waals surface area contributed by atoms with E-state index in [1.54, 1.807) is 31.7 Å². The third kappa shape index (κ3) is 4.41. The van der Waals surface area contributed by atoms with Gasteiger partial charge in [0, 0.05) is 54.7 Å². The first-order valence-corrected chi connectivity index (χ1v) is 9.03. The number of benzene rings is 1. The number of pyridine rings is 2. The zero-order valence-electron chi connectivity index (χ0n) is 16.5. The number of amides is 2. The Hall–Kier alpha value is -4.27. The fourth-order valence-corrected chi connectivity index (χ4v) is 2.91. The van der Waals surface area contributed by atoms with Gasteiger partial charge >= 0.3 is 11.8 Å². The first-order chi connectivity index (χ1) is 14.4. The van der Waals surface area contributed by atoms with Crippen molar-refractivity contribution in [1.29, 1.82) is 5.41 Å². The Morgan fingerprint density at radius 3 is 2.67 bits per heavy atom. The van der Waals surface area contributed by atoms with E-state index in [4.69, 9.17) is 11.1 Å². The highest BCUT2D eigenvalue weighted by molar-refractivity contribution is 6.40. The summed E-state index contributed by atoms with van der Waals surface area (Å²) in [6.45, 7) is 1.99. The van der Waals surface area contributed by atoms with Crippen molar-refractivity contribution in [2.75, 3.05) is 18.1 Å². The number of anilines is 2. The van der Waals surface area contributed by atoms with Crippen LogP contribution in [-0.2, 0) is 9.59 Å². The summed E-state index contributed by atoms with van der Waals surface area (Å²) >= 11 is 0. The molecule has 2 heterocycles. The second kappa shape index (κ2) is 8.82. The minimum absolute atomic E-state index is 0.147. The molecule has 0 fully saturated rings. The van der Waals surface area contributed by atoms with Crippen molar-refractivity contribution < 1.29 is 9.59 Å². The predicted molar refractivity (Wildman–Crippen MR) is 117 cm³/mol. The number of nitrogens with two attached hydrogens (primary N) is 1. The third-order valence-electron chi connectivity index (χ3n) is 4.38. The van der Waals surface area contributed by atoms with Gasteiger partial charge in [0.2, 0.25) is 0 Å². The summed E-state index contributed by atoms with van der Waals surface area (Å²) in [5.41, 5.74) is 9.78. The number of fused-ring (bicyclic) bond motifs is 1. The standard InChI is InChI=1S/C21H21N7O2/c1-12-3-4-25-10-16(12)13-5-14-7-19(26-11-17(14)18(23)6-13)28-21(30)20(29)27-15(8-22)9-24-2/h3-11,22,24H,23H2,1-2H3,(H,27,29)(H,26,28,30)/b15-9+,22-8?. The maximum atomic E-state index is 12.2. The molecule has 0 saturated heterocycles. The lowest BCUT2D eigenvalue weighted by molar-refractivity contribution is -0.135. The Kier molecular flexibility index (Phi) is 6.02. The van der Waals surface area contributed by atoms with Gasteiger partial charge in [-0.2, -0.15) is 0 Å². The molecule has 0 unspecified atom stereocenters. The highest BCUT2D eigenvalue weighted by Gasteiger charge is 2.16. The van der Waals surface area contributed by atoms with Crippen LogP contribution in [0.15, 0.2) is 54.8 Å². The van der Waals surface area contributed by atoms with Crippen molar-refractivity contribution in [2.45, 2.75) is 6.92 Å². The molecule has 0 saturated carbocycles. The summed E-state index contributed by atoms with van der Waals surface area (Å²) in [5.74, 6) is -1.62. The number of aryl methyl sites for hydroxylation is 1. The molecule has 9 nitrogen and oxygen atoms in total. The summed E-state index contributed by atoms with van der Waals surface area (Å²) < 4.78 is 0. The Labute approximate surface area is 172 Å². The SMILES string of the molecule is CN/C=C(\C=N)NC(=O)C(=O)Nc1cc2cc(-c3cnccc3C)cc(N)c2cn1. The maximum Gasteiger partial charge on any atom is 0.315 e. The van der Waals surface area contributed by atoms with Gasteiger partial charge in [-0.1, -0.05) is 0 Å². The first kappa shape index (κ1) is 20.5. The Balaban J connectivity index is 1.88. The van der Waals surface area contributed by atoms with Crippen molar-refractivity contribution in [1.82, 2.24) is 20.6 Å². The van der Waals surface area contributed by atoms with Crippen molar-refractivity contribution in [2.24, 2.45) is 0 Å². The molecule has 9 heteroatoms. The van der Waals surface area contributed by atoms with Crippen molar-refractivity contribution in [3.8, 4) is 11.1 Å². The molecule has 152 valence electrons. The molecule has 2 aromatic heterocycles. The molecule has 1 aromatic carbocycles. The van der Waals surface area contributed by atoms with Gasteiger partial charge in [-0.3, -0.25) is 14.6 Å². The number of nitrogens with one attached hydrogen (secondary N) is 4. The third-order valence-corrected chi connectivity index (χ3v) is 4.38. The fraction of sp³-hybridized carbons (Fsp3) is 0.0952. The van der Waals surface area contributed by atoms with E-state index in [2.05, 4.69) is 25.9 Å². The lowest BCUT2D eigenvalue weighted by Gasteiger charge is -2.11. The van der Waals surface area contributed by atoms with Crippen LogP contribution in [0.1, 0.15) is 5.56 Å². The highest BCUT2D eigenvalue weighted by atomic mass is 16.2. The van der Waals surface area contributed by atoms with Crippen molar-refractivity contribution in [3.63, 3.8) is 0 Å². The van der Waals surface area contributed by atoms with E-state index in [0.717, 1.165) is 33.7 Å². The molecule has 3 rings (SSSR count). The number of allylic oxidation sites excluding steroid dienone is 1. The largest absolute Gasteiger partial charge is 0.398 e. The lowest BCUT2D eigenvalue weighted by Crippen LogP contribution is -2.35. The van der Waals surface area contributed by atoms with E-state index in [1.807, 2.05) is 25.1 Å². The van der Waals surface area contributed by atoms with E-state index in [1.165, 1.54) is 6.20 Å². The van der Waals surface area contributed by atoms with E-state index in [0.29, 0.717) is 5.69 Å². The normalized spacial score (nSPS) is 11.1. The second-order valence-electron chi connectivity index (χ2n) is 6.49. The van der Waals surface area contributed by atoms with Crippen LogP contribution in [0.4, 0.5) is 11.5 Å². The number of hydrogen-bond acceptors (Lipinski definition) is 7. The topological polar surface area (TPSA) is 146 Å². The molecule has 0 aliphatic carbocycles. The summed E-state index contributed by atoms with van der Waals surface area (Å²) in [4.78, 5) is 32.6. The molecule has 0 bridgehead atoms. The highest BCUT2D eigenvalue weighted by Crippen LogP contribution is 2.31. The smallest absolute Gasteiger partial charge is 0.315 e.